The molecule has 588 valence electrons. The molecule has 6 atom stereocenters. The highest BCUT2D eigenvalue weighted by Gasteiger charge is 2.39. The van der Waals surface area contributed by atoms with Crippen molar-refractivity contribution in [2.75, 3.05) is 132 Å². The quantitative estimate of drug-likeness (QED) is 0.0199. The molecule has 2 saturated carbocycles. The van der Waals surface area contributed by atoms with Gasteiger partial charge in [0, 0.05) is 50.8 Å². The third-order valence-electron chi connectivity index (χ3n) is 16.8. The van der Waals surface area contributed by atoms with E-state index >= 15 is 0 Å². The smallest absolute Gasteiger partial charge is 0.481 e. The zero-order valence-electron chi connectivity index (χ0n) is 59.2. The van der Waals surface area contributed by atoms with Crippen molar-refractivity contribution >= 4 is 59.2 Å². The van der Waals surface area contributed by atoms with Crippen molar-refractivity contribution in [3.05, 3.63) is 65.8 Å². The number of guanidine groups is 1. The van der Waals surface area contributed by atoms with Gasteiger partial charge < -0.3 is 107 Å². The molecule has 1 saturated heterocycles. The van der Waals surface area contributed by atoms with E-state index in [1.807, 2.05) is 0 Å². The molecule has 35 nitrogen and oxygen atoms in total. The van der Waals surface area contributed by atoms with E-state index in [1.165, 1.54) is 18.7 Å². The molecule has 38 heteroatoms. The number of hydrogen-bond acceptors (Lipinski definition) is 23. The number of alkyl halides is 3. The number of carboxylic acids is 2. The van der Waals surface area contributed by atoms with E-state index in [9.17, 15) is 56.6 Å². The fourth-order valence-electron chi connectivity index (χ4n) is 11.5. The summed E-state index contributed by atoms with van der Waals surface area (Å²) >= 11 is 0. The number of hydrogen-bond donors (Lipinski definition) is 12. The minimum absolute atomic E-state index is 0.00879. The number of nitrogens with one attached hydrogen (secondary N) is 8. The first-order chi connectivity index (χ1) is 50.6. The van der Waals surface area contributed by atoms with Gasteiger partial charge in [-0.2, -0.15) is 13.2 Å². The number of rotatable bonds is 45. The van der Waals surface area contributed by atoms with E-state index in [-0.39, 0.29) is 75.0 Å². The van der Waals surface area contributed by atoms with E-state index in [4.69, 9.17) is 63.8 Å². The Balaban J connectivity index is 0.00000268. The molecular weight excluding hydrogens is 1390 g/mol. The summed E-state index contributed by atoms with van der Waals surface area (Å²) in [6.45, 7) is 6.12. The first-order valence-corrected chi connectivity index (χ1v) is 35.5. The summed E-state index contributed by atoms with van der Waals surface area (Å²) in [5.74, 6) is -7.93. The van der Waals surface area contributed by atoms with Crippen LogP contribution in [0.3, 0.4) is 0 Å². The highest BCUT2D eigenvalue weighted by Crippen LogP contribution is 2.29. The van der Waals surface area contributed by atoms with Crippen LogP contribution in [0.2, 0.25) is 0 Å². The second-order valence-electron chi connectivity index (χ2n) is 25.0. The molecule has 7 amide bonds. The fraction of sp³-hybridized carbons (Fsp3) is 0.687. The number of amides is 7. The number of nitrogens with zero attached hydrogens (tertiary/aromatic N) is 5. The van der Waals surface area contributed by atoms with Gasteiger partial charge in [0.2, 0.25) is 41.2 Å². The Morgan fingerprint density at radius 1 is 0.667 bits per heavy atom. The second kappa shape index (κ2) is 50.9. The number of nitrogens with two attached hydrogens (primary N) is 2. The lowest BCUT2D eigenvalue weighted by molar-refractivity contribution is -0.192. The third kappa shape index (κ3) is 37.9. The number of carbonyl (C=O) groups excluding carboxylic acids is 7. The number of aromatic nitrogens is 4. The van der Waals surface area contributed by atoms with Gasteiger partial charge in [0.25, 0.3) is 5.91 Å². The molecule has 3 fully saturated rings. The van der Waals surface area contributed by atoms with E-state index in [0.29, 0.717) is 136 Å². The van der Waals surface area contributed by atoms with E-state index in [0.717, 1.165) is 57.8 Å². The van der Waals surface area contributed by atoms with Crippen LogP contribution in [0.4, 0.5) is 13.2 Å². The Morgan fingerprint density at radius 3 is 1.78 bits per heavy atom. The Kier molecular flexibility index (Phi) is 42.2. The van der Waals surface area contributed by atoms with E-state index < -0.39 is 96.9 Å². The molecular formula is C67H104F3N15O20. The molecule has 3 aromatic rings. The monoisotopic (exact) mass is 1500 g/mol. The normalized spacial score (nSPS) is 18.6. The van der Waals surface area contributed by atoms with Crippen molar-refractivity contribution in [2.24, 2.45) is 28.3 Å². The SMILES string of the molecule is NC(N)=NCCC[C@@H]1NC[C@H](Cc2cn(CCOCCOCCOCCOCCOCCOCCOCCOCCNC(=O)[C@@H](NC(=O)[C@H](CC3CCCCC3)NC(=O)c3ccno3)C3CCCCC3)nn2)NC(=O)[C@@H](Cc2ccccc2)NC(=O)[C@H](CC(=O)O)NC(=O)CNC1=O.O=C(O)C(F)(F)F. The zero-order valence-corrected chi connectivity index (χ0v) is 59.2. The predicted octanol–water partition coefficient (Wildman–Crippen LogP) is -0.162. The third-order valence-corrected chi connectivity index (χ3v) is 16.8. The van der Waals surface area contributed by atoms with Crippen molar-refractivity contribution in [1.29, 1.82) is 0 Å². The molecule has 14 N–H and O–H groups in total. The molecule has 3 aliphatic rings. The number of aliphatic carboxylic acids is 2. The number of carbonyl (C=O) groups is 9. The van der Waals surface area contributed by atoms with Crippen LogP contribution in [0.1, 0.15) is 112 Å². The van der Waals surface area contributed by atoms with E-state index in [2.05, 4.69) is 63.0 Å². The lowest BCUT2D eigenvalue weighted by Gasteiger charge is -2.32. The molecule has 105 heavy (non-hydrogen) atoms. The first kappa shape index (κ1) is 87.1. The van der Waals surface area contributed by atoms with Crippen molar-refractivity contribution in [3.63, 3.8) is 0 Å². The highest BCUT2D eigenvalue weighted by molar-refractivity contribution is 5.97. The molecule has 3 heterocycles. The molecule has 6 rings (SSSR count). The first-order valence-electron chi connectivity index (χ1n) is 35.5. The molecule has 1 aromatic carbocycles. The van der Waals surface area contributed by atoms with Gasteiger partial charge in [0.15, 0.2) is 5.96 Å². The Morgan fingerprint density at radius 2 is 1.23 bits per heavy atom. The molecule has 2 aliphatic carbocycles. The van der Waals surface area contributed by atoms with Gasteiger partial charge in [0.1, 0.15) is 24.2 Å². The summed E-state index contributed by atoms with van der Waals surface area (Å²) in [4.78, 5) is 119. The maximum Gasteiger partial charge on any atom is 0.490 e. The van der Waals surface area contributed by atoms with Gasteiger partial charge >= 0.3 is 18.1 Å². The van der Waals surface area contributed by atoms with Crippen molar-refractivity contribution in [1.82, 2.24) is 62.7 Å². The average Bonchev–Trinajstić information content (AvgIpc) is 1.77. The number of halogens is 3. The van der Waals surface area contributed by atoms with Gasteiger partial charge in [-0.1, -0.05) is 92.1 Å². The van der Waals surface area contributed by atoms with Gasteiger partial charge in [-0.05, 0) is 49.5 Å². The molecule has 0 bridgehead atoms. The van der Waals surface area contributed by atoms with Crippen LogP contribution in [0.15, 0.2) is 58.3 Å². The standard InChI is InChI=1S/C65H103N15O18.C2HF3O2/c66-65(67)69-19-10-17-51-59(84)71-44-56(81)74-54(42-57(82)83)61(86)75-52(39-46-11-4-1-5-12-46)60(85)73-49(43-70-51)41-50-45-80(79-78-50)22-24-91-26-28-93-30-32-95-34-36-97-38-37-96-35-33-94-31-29-92-27-25-90-23-21-68-64(89)58(48-15-8-3-9-16-48)77-62(87)53(40-47-13-6-2-7-14-47)76-63(88)55-18-20-72-98-55;3-2(4,5)1(6)7/h1,4-5,11-12,18,20,45,47-49,51-54,58,70H,2-3,6-10,13-17,19,21-44H2,(H,68,89)(H,71,84)(H,73,85)(H,74,81)(H,75,86)(H,76,88)(H,77,87)(H,82,83)(H4,66,67,69);(H,6,7)/t49-,51-,52+,53-,54-,58-;/m0./s1. The molecule has 0 unspecified atom stereocenters. The zero-order chi connectivity index (χ0) is 75.9. The summed E-state index contributed by atoms with van der Waals surface area (Å²) in [5.41, 5.74) is 12.2. The van der Waals surface area contributed by atoms with Crippen molar-refractivity contribution in [3.8, 4) is 0 Å². The van der Waals surface area contributed by atoms with Crippen LogP contribution < -0.4 is 54.0 Å². The topological polar surface area (TPSA) is 485 Å². The number of ether oxygens (including phenoxy) is 8. The minimum Gasteiger partial charge on any atom is -0.481 e. The van der Waals surface area contributed by atoms with Crippen LogP contribution in [0.5, 0.6) is 0 Å². The number of carboxylic acid groups (broad SMARTS) is 2. The summed E-state index contributed by atoms with van der Waals surface area (Å²) in [6.07, 6.45) is 8.58. The Labute approximate surface area is 606 Å². The summed E-state index contributed by atoms with van der Waals surface area (Å²) < 4.78 is 83.4. The van der Waals surface area contributed by atoms with Gasteiger partial charge in [0.05, 0.1) is 143 Å². The maximum absolute atomic E-state index is 14.2. The average molecular weight is 1500 g/mol. The van der Waals surface area contributed by atoms with Gasteiger partial charge in [-0.3, -0.25) is 43.3 Å². The van der Waals surface area contributed by atoms with Gasteiger partial charge in [-0.25, -0.2) is 9.48 Å². The van der Waals surface area contributed by atoms with Crippen LogP contribution in [0, 0.1) is 11.8 Å². The fourth-order valence-corrected chi connectivity index (χ4v) is 11.5. The second-order valence-corrected chi connectivity index (χ2v) is 25.0. The number of aliphatic imine (C=N–C) groups is 1. The van der Waals surface area contributed by atoms with Crippen molar-refractivity contribution in [2.45, 2.75) is 152 Å². The Bertz CT molecular complexity index is 3050. The highest BCUT2D eigenvalue weighted by atomic mass is 19.4. The molecule has 0 spiro atoms. The van der Waals surface area contributed by atoms with E-state index in [1.54, 1.807) is 41.2 Å². The summed E-state index contributed by atoms with van der Waals surface area (Å²) in [5, 5.41) is 51.5. The van der Waals surface area contributed by atoms with Gasteiger partial charge in [-0.15, -0.1) is 5.10 Å². The van der Waals surface area contributed by atoms with Crippen LogP contribution >= 0.6 is 0 Å². The maximum atomic E-state index is 14.2. The molecule has 1 aliphatic heterocycles. The minimum atomic E-state index is -5.08. The number of benzene rings is 1. The largest absolute Gasteiger partial charge is 0.490 e. The lowest BCUT2D eigenvalue weighted by atomic mass is 9.82. The Hall–Kier alpha value is -8.50. The van der Waals surface area contributed by atoms with Crippen LogP contribution in [-0.2, 0) is 95.6 Å². The summed E-state index contributed by atoms with van der Waals surface area (Å²) in [7, 11) is 0. The molecule has 0 radical (unpaired) electrons. The molecule has 2 aromatic heterocycles. The lowest BCUT2D eigenvalue weighted by Crippen LogP contribution is -2.57. The van der Waals surface area contributed by atoms with Crippen LogP contribution in [0.25, 0.3) is 0 Å². The summed E-state index contributed by atoms with van der Waals surface area (Å²) in [6, 6.07) is 4.46. The predicted molar refractivity (Wildman–Crippen MR) is 367 cm³/mol. The van der Waals surface area contributed by atoms with Crippen LogP contribution in [-0.4, -0.2) is 264 Å². The van der Waals surface area contributed by atoms with Crippen molar-refractivity contribution < 1.29 is 109 Å².